The molecule has 0 unspecified atom stereocenters. The van der Waals surface area contributed by atoms with E-state index >= 15 is 0 Å². The zero-order valence-electron chi connectivity index (χ0n) is 28.3. The van der Waals surface area contributed by atoms with E-state index in [0.29, 0.717) is 0 Å². The van der Waals surface area contributed by atoms with Crippen molar-refractivity contribution in [2.24, 2.45) is 5.73 Å². The van der Waals surface area contributed by atoms with Gasteiger partial charge in [-0.15, -0.1) is 0 Å². The van der Waals surface area contributed by atoms with E-state index in [-0.39, 0.29) is 6.73 Å². The second kappa shape index (κ2) is 43.3. The van der Waals surface area contributed by atoms with E-state index in [1.54, 1.807) is 0 Å². The van der Waals surface area contributed by atoms with Gasteiger partial charge in [0, 0.05) is 0 Å². The average Bonchev–Trinajstić information content (AvgIpc) is 2.97. The normalized spacial score (nSPS) is 11.1. The first-order valence-corrected chi connectivity index (χ1v) is 18.8. The van der Waals surface area contributed by atoms with Gasteiger partial charge < -0.3 is 10.8 Å². The molecule has 0 spiro atoms. The first kappa shape index (κ1) is 42.0. The third-order valence-electron chi connectivity index (χ3n) is 8.38. The smallest absolute Gasteiger partial charge is 0.0931 e. The number of hydrogen-bond acceptors (Lipinski definition) is 3. The van der Waals surface area contributed by atoms with Crippen LogP contribution in [0.15, 0.2) is 0 Å². The predicted octanol–water partition coefficient (Wildman–Crippen LogP) is 12.0. The third kappa shape index (κ3) is 44.9. The fourth-order valence-corrected chi connectivity index (χ4v) is 5.57. The molecule has 0 saturated carbocycles. The van der Waals surface area contributed by atoms with Crippen molar-refractivity contribution >= 4 is 0 Å². The molecule has 0 fully saturated rings. The summed E-state index contributed by atoms with van der Waals surface area (Å²) in [7, 11) is 0. The summed E-state index contributed by atoms with van der Waals surface area (Å²) in [6.45, 7) is 6.54. The van der Waals surface area contributed by atoms with Gasteiger partial charge in [0.1, 0.15) is 0 Å². The maximum Gasteiger partial charge on any atom is 0.0931 e. The van der Waals surface area contributed by atoms with Crippen molar-refractivity contribution in [3.8, 4) is 0 Å². The van der Waals surface area contributed by atoms with Gasteiger partial charge in [0.05, 0.1) is 6.73 Å². The molecule has 0 aromatic heterocycles. The standard InChI is InChI=1S/C19H41NO.C18H39N/c1-2-3-4-5-6-7-8-9-10-11-12-13-14-15-16-17-18-20-19-21;1-2-3-4-5-6-7-8-9-10-11-12-13-14-15-16-17-18-19/h20-21H,2-19H2,1H3;2-19H2,1H3. The van der Waals surface area contributed by atoms with Gasteiger partial charge in [0.2, 0.25) is 0 Å². The molecule has 0 aromatic carbocycles. The SMILES string of the molecule is CCCCCCCCCCCCCCCCCCN.CCCCCCCCCCCCCCCCCCNCO. The fraction of sp³-hybridized carbons (Fsp3) is 1.00. The van der Waals surface area contributed by atoms with E-state index in [4.69, 9.17) is 10.8 Å². The molecule has 0 aromatic rings. The molecule has 4 N–H and O–H groups in total. The van der Waals surface area contributed by atoms with Crippen LogP contribution >= 0.6 is 0 Å². The van der Waals surface area contributed by atoms with E-state index in [0.717, 1.165) is 13.1 Å². The lowest BCUT2D eigenvalue weighted by Gasteiger charge is -2.03. The molecule has 0 aliphatic carbocycles. The van der Waals surface area contributed by atoms with Crippen molar-refractivity contribution in [1.29, 1.82) is 0 Å². The molecule has 0 bridgehead atoms. The van der Waals surface area contributed by atoms with Crippen molar-refractivity contribution in [2.75, 3.05) is 19.8 Å². The fourth-order valence-electron chi connectivity index (χ4n) is 5.57. The Balaban J connectivity index is 0. The summed E-state index contributed by atoms with van der Waals surface area (Å²) < 4.78 is 0. The highest BCUT2D eigenvalue weighted by Crippen LogP contribution is 2.15. The highest BCUT2D eigenvalue weighted by molar-refractivity contribution is 4.52. The first-order valence-electron chi connectivity index (χ1n) is 18.8. The van der Waals surface area contributed by atoms with Gasteiger partial charge in [-0.3, -0.25) is 5.32 Å². The van der Waals surface area contributed by atoms with Gasteiger partial charge in [-0.25, -0.2) is 0 Å². The van der Waals surface area contributed by atoms with E-state index in [1.165, 1.54) is 205 Å². The molecule has 0 atom stereocenters. The van der Waals surface area contributed by atoms with Gasteiger partial charge in [0.15, 0.2) is 0 Å². The van der Waals surface area contributed by atoms with Crippen LogP contribution in [-0.4, -0.2) is 24.9 Å². The highest BCUT2D eigenvalue weighted by atomic mass is 16.3. The van der Waals surface area contributed by atoms with E-state index in [2.05, 4.69) is 19.2 Å². The number of nitrogens with two attached hydrogens (primary N) is 1. The lowest BCUT2D eigenvalue weighted by Crippen LogP contribution is -2.15. The van der Waals surface area contributed by atoms with Crippen LogP contribution in [-0.2, 0) is 0 Å². The summed E-state index contributed by atoms with van der Waals surface area (Å²) in [6.07, 6.45) is 45.4. The topological polar surface area (TPSA) is 58.3 Å². The largest absolute Gasteiger partial charge is 0.381 e. The monoisotopic (exact) mass is 569 g/mol. The number of aliphatic hydroxyl groups is 1. The molecule has 0 rings (SSSR count). The zero-order chi connectivity index (χ0) is 29.5. The van der Waals surface area contributed by atoms with Crippen LogP contribution in [0.25, 0.3) is 0 Å². The minimum atomic E-state index is 0.124. The molecule has 0 radical (unpaired) electrons. The summed E-state index contributed by atoms with van der Waals surface area (Å²) >= 11 is 0. The minimum Gasteiger partial charge on any atom is -0.381 e. The van der Waals surface area contributed by atoms with E-state index < -0.39 is 0 Å². The summed E-state index contributed by atoms with van der Waals surface area (Å²) in [4.78, 5) is 0. The molecule has 40 heavy (non-hydrogen) atoms. The maximum atomic E-state index is 8.58. The minimum absolute atomic E-state index is 0.124. The molecule has 244 valence electrons. The molecular weight excluding hydrogens is 488 g/mol. The van der Waals surface area contributed by atoms with Gasteiger partial charge in [0.25, 0.3) is 0 Å². The first-order chi connectivity index (χ1) is 19.8. The van der Waals surface area contributed by atoms with Crippen molar-refractivity contribution in [2.45, 2.75) is 219 Å². The van der Waals surface area contributed by atoms with Crippen molar-refractivity contribution in [3.05, 3.63) is 0 Å². The lowest BCUT2D eigenvalue weighted by atomic mass is 10.0. The van der Waals surface area contributed by atoms with Crippen molar-refractivity contribution in [3.63, 3.8) is 0 Å². The third-order valence-corrected chi connectivity index (χ3v) is 8.38. The molecule has 3 heteroatoms. The maximum absolute atomic E-state index is 8.58. The lowest BCUT2D eigenvalue weighted by molar-refractivity contribution is 0.260. The van der Waals surface area contributed by atoms with E-state index in [1.807, 2.05) is 0 Å². The summed E-state index contributed by atoms with van der Waals surface area (Å²) in [5.74, 6) is 0. The summed E-state index contributed by atoms with van der Waals surface area (Å²) in [6, 6.07) is 0. The van der Waals surface area contributed by atoms with Crippen LogP contribution in [0.1, 0.15) is 219 Å². The van der Waals surface area contributed by atoms with Crippen LogP contribution in [0.4, 0.5) is 0 Å². The Bertz CT molecular complexity index is 356. The Labute approximate surface area is 255 Å². The van der Waals surface area contributed by atoms with Crippen LogP contribution in [0.5, 0.6) is 0 Å². The second-order valence-electron chi connectivity index (χ2n) is 12.6. The van der Waals surface area contributed by atoms with E-state index in [9.17, 15) is 0 Å². The summed E-state index contributed by atoms with van der Waals surface area (Å²) in [5, 5.41) is 11.5. The Morgan fingerprint density at radius 3 is 0.800 bits per heavy atom. The Morgan fingerprint density at radius 2 is 0.575 bits per heavy atom. The zero-order valence-corrected chi connectivity index (χ0v) is 28.3. The number of aliphatic hydroxyl groups excluding tert-OH is 1. The number of rotatable bonds is 34. The molecule has 0 aliphatic rings. The van der Waals surface area contributed by atoms with Gasteiger partial charge in [-0.2, -0.15) is 0 Å². The Hall–Kier alpha value is -0.120. The van der Waals surface area contributed by atoms with Crippen LogP contribution in [0, 0.1) is 0 Å². The average molecular weight is 569 g/mol. The number of unbranched alkanes of at least 4 members (excludes halogenated alkanes) is 30. The molecule has 0 amide bonds. The van der Waals surface area contributed by atoms with Gasteiger partial charge >= 0.3 is 0 Å². The molecule has 0 aliphatic heterocycles. The number of hydrogen-bond donors (Lipinski definition) is 3. The van der Waals surface area contributed by atoms with Crippen LogP contribution in [0.3, 0.4) is 0 Å². The predicted molar refractivity (Wildman–Crippen MR) is 183 cm³/mol. The van der Waals surface area contributed by atoms with Crippen LogP contribution < -0.4 is 11.1 Å². The molecule has 3 nitrogen and oxygen atoms in total. The number of nitrogens with one attached hydrogen (secondary N) is 1. The summed E-state index contributed by atoms with van der Waals surface area (Å²) in [5.41, 5.74) is 5.48. The van der Waals surface area contributed by atoms with Gasteiger partial charge in [-0.05, 0) is 25.9 Å². The molecular formula is C37H80N2O. The molecule has 0 heterocycles. The Kier molecular flexibility index (Phi) is 45.5. The highest BCUT2D eigenvalue weighted by Gasteiger charge is 1.96. The Morgan fingerprint density at radius 1 is 0.350 bits per heavy atom. The molecule has 0 saturated heterocycles. The quantitative estimate of drug-likeness (QED) is 0.0534. The van der Waals surface area contributed by atoms with Gasteiger partial charge in [-0.1, -0.05) is 206 Å². The van der Waals surface area contributed by atoms with Crippen molar-refractivity contribution in [1.82, 2.24) is 5.32 Å². The van der Waals surface area contributed by atoms with Crippen molar-refractivity contribution < 1.29 is 5.11 Å². The van der Waals surface area contributed by atoms with Crippen LogP contribution in [0.2, 0.25) is 0 Å². The second-order valence-corrected chi connectivity index (χ2v) is 12.6.